The number of carbonyl (C=O) groups is 2. The number of rotatable bonds is 13. The molecule has 11 heteroatoms. The number of hydrogen-bond acceptors (Lipinski definition) is 5. The van der Waals surface area contributed by atoms with Crippen molar-refractivity contribution in [1.29, 1.82) is 0 Å². The Morgan fingerprint density at radius 2 is 1.58 bits per heavy atom. The number of ether oxygens (including phenoxy) is 1. The number of anilines is 1. The van der Waals surface area contributed by atoms with Crippen molar-refractivity contribution >= 4 is 50.7 Å². The molecule has 1 N–H and O–H groups in total. The number of carbonyl (C=O) groups excluding carboxylic acids is 2. The van der Waals surface area contributed by atoms with E-state index in [1.807, 2.05) is 51.1 Å². The Labute approximate surface area is 265 Å². The van der Waals surface area contributed by atoms with Gasteiger partial charge in [-0.2, -0.15) is 0 Å². The Morgan fingerprint density at radius 1 is 0.930 bits per heavy atom. The van der Waals surface area contributed by atoms with E-state index in [2.05, 4.69) is 5.32 Å². The summed E-state index contributed by atoms with van der Waals surface area (Å²) < 4.78 is 32.1. The van der Waals surface area contributed by atoms with Gasteiger partial charge in [0.2, 0.25) is 21.8 Å². The first kappa shape index (κ1) is 34.2. The lowest BCUT2D eigenvalue weighted by Gasteiger charge is -2.34. The third-order valence-electron chi connectivity index (χ3n) is 6.61. The molecule has 0 aromatic heterocycles. The largest absolute Gasteiger partial charge is 0.495 e. The summed E-state index contributed by atoms with van der Waals surface area (Å²) in [6, 6.07) is 20.6. The van der Waals surface area contributed by atoms with Crippen molar-refractivity contribution in [2.75, 3.05) is 24.2 Å². The molecule has 232 valence electrons. The average molecular weight is 649 g/mol. The van der Waals surface area contributed by atoms with Crippen LogP contribution in [-0.4, -0.2) is 56.6 Å². The van der Waals surface area contributed by atoms with E-state index in [4.69, 9.17) is 27.9 Å². The zero-order valence-electron chi connectivity index (χ0n) is 25.1. The van der Waals surface area contributed by atoms with Crippen LogP contribution in [0.15, 0.2) is 72.8 Å². The molecule has 3 rings (SSSR count). The number of hydrogen-bond donors (Lipinski definition) is 1. The molecular formula is C32H39Cl2N3O5S. The molecule has 0 aliphatic rings. The number of methoxy groups -OCH3 is 1. The number of para-hydroxylation sites is 2. The second kappa shape index (κ2) is 14.9. The molecule has 0 aliphatic carbocycles. The molecule has 8 nitrogen and oxygen atoms in total. The van der Waals surface area contributed by atoms with Gasteiger partial charge in [-0.15, -0.1) is 0 Å². The normalized spacial score (nSPS) is 12.3. The molecule has 0 radical (unpaired) electrons. The molecular weight excluding hydrogens is 609 g/mol. The van der Waals surface area contributed by atoms with E-state index < -0.39 is 21.6 Å². The van der Waals surface area contributed by atoms with Crippen LogP contribution >= 0.6 is 23.2 Å². The number of halogens is 2. The molecule has 0 saturated carbocycles. The van der Waals surface area contributed by atoms with Gasteiger partial charge in [-0.3, -0.25) is 13.9 Å². The monoisotopic (exact) mass is 647 g/mol. The van der Waals surface area contributed by atoms with Crippen molar-refractivity contribution in [3.8, 4) is 5.75 Å². The van der Waals surface area contributed by atoms with E-state index in [-0.39, 0.29) is 44.2 Å². The summed E-state index contributed by atoms with van der Waals surface area (Å²) in [5, 5.41) is 3.75. The second-order valence-corrected chi connectivity index (χ2v) is 14.0. The lowest BCUT2D eigenvalue weighted by molar-refractivity contribution is -0.142. The summed E-state index contributed by atoms with van der Waals surface area (Å²) >= 11 is 12.4. The molecule has 3 aromatic rings. The van der Waals surface area contributed by atoms with Crippen LogP contribution in [0.1, 0.15) is 44.7 Å². The van der Waals surface area contributed by atoms with Gasteiger partial charge >= 0.3 is 0 Å². The second-order valence-electron chi connectivity index (χ2n) is 11.3. The zero-order valence-corrected chi connectivity index (χ0v) is 27.5. The smallest absolute Gasteiger partial charge is 0.243 e. The summed E-state index contributed by atoms with van der Waals surface area (Å²) in [5.74, 6) is -0.191. The standard InChI is InChI=1S/C32H39Cl2N3O5S/c1-32(2,3)35-31(39)28(21-23-12-7-6-8-13-23)36(22-24-17-18-25(33)26(34)20-24)30(38)16-11-19-37(43(5,40)41)27-14-9-10-15-29(27)42-4/h6-10,12-15,17-18,20,28H,11,16,19,21-22H2,1-5H3,(H,35,39)/t28-/m0/s1. The summed E-state index contributed by atoms with van der Waals surface area (Å²) in [5.41, 5.74) is 1.45. The molecule has 0 unspecified atom stereocenters. The summed E-state index contributed by atoms with van der Waals surface area (Å²) in [6.07, 6.45) is 1.61. The van der Waals surface area contributed by atoms with E-state index >= 15 is 0 Å². The fraction of sp³-hybridized carbons (Fsp3) is 0.375. The predicted octanol–water partition coefficient (Wildman–Crippen LogP) is 6.10. The molecule has 43 heavy (non-hydrogen) atoms. The van der Waals surface area contributed by atoms with Crippen LogP contribution in [0, 0.1) is 0 Å². The van der Waals surface area contributed by atoms with Crippen LogP contribution in [0.4, 0.5) is 5.69 Å². The first-order valence-corrected chi connectivity index (χ1v) is 16.5. The third kappa shape index (κ3) is 10.2. The molecule has 0 saturated heterocycles. The van der Waals surface area contributed by atoms with Crippen LogP contribution in [0.3, 0.4) is 0 Å². The minimum atomic E-state index is -3.68. The topological polar surface area (TPSA) is 96.0 Å². The van der Waals surface area contributed by atoms with Crippen molar-refractivity contribution in [1.82, 2.24) is 10.2 Å². The lowest BCUT2D eigenvalue weighted by atomic mass is 10.00. The van der Waals surface area contributed by atoms with Gasteiger partial charge in [0, 0.05) is 31.5 Å². The SMILES string of the molecule is COc1ccccc1N(CCCC(=O)N(Cc1ccc(Cl)c(Cl)c1)[C@@H](Cc1ccccc1)C(=O)NC(C)(C)C)S(C)(=O)=O. The lowest BCUT2D eigenvalue weighted by Crippen LogP contribution is -2.54. The van der Waals surface area contributed by atoms with Crippen LogP contribution < -0.4 is 14.4 Å². The molecule has 0 aliphatic heterocycles. The average Bonchev–Trinajstić information content (AvgIpc) is 2.93. The Morgan fingerprint density at radius 3 is 2.19 bits per heavy atom. The van der Waals surface area contributed by atoms with Crippen molar-refractivity contribution in [3.63, 3.8) is 0 Å². The summed E-state index contributed by atoms with van der Waals surface area (Å²) in [6.45, 7) is 5.80. The fourth-order valence-corrected chi connectivity index (χ4v) is 5.95. The minimum absolute atomic E-state index is 0.00339. The summed E-state index contributed by atoms with van der Waals surface area (Å²) in [7, 11) is -2.21. The minimum Gasteiger partial charge on any atom is -0.495 e. The maximum atomic E-state index is 14.0. The number of benzene rings is 3. The zero-order chi connectivity index (χ0) is 31.8. The van der Waals surface area contributed by atoms with Crippen molar-refractivity contribution in [2.24, 2.45) is 0 Å². The number of sulfonamides is 1. The van der Waals surface area contributed by atoms with Gasteiger partial charge in [-0.1, -0.05) is 71.7 Å². The van der Waals surface area contributed by atoms with Gasteiger partial charge in [-0.25, -0.2) is 8.42 Å². The number of nitrogens with zero attached hydrogens (tertiary/aromatic N) is 2. The first-order valence-electron chi connectivity index (χ1n) is 13.9. The Hall–Kier alpha value is -3.27. The maximum Gasteiger partial charge on any atom is 0.243 e. The van der Waals surface area contributed by atoms with Gasteiger partial charge < -0.3 is 15.0 Å². The van der Waals surface area contributed by atoms with Crippen LogP contribution in [-0.2, 0) is 32.6 Å². The van der Waals surface area contributed by atoms with Crippen LogP contribution in [0.5, 0.6) is 5.75 Å². The fourth-order valence-electron chi connectivity index (χ4n) is 4.66. The van der Waals surface area contributed by atoms with Crippen molar-refractivity contribution in [3.05, 3.63) is 94.0 Å². The molecule has 1 atom stereocenters. The Balaban J connectivity index is 1.94. The summed E-state index contributed by atoms with van der Waals surface area (Å²) in [4.78, 5) is 29.3. The molecule has 0 bridgehead atoms. The molecule has 3 aromatic carbocycles. The van der Waals surface area contributed by atoms with Gasteiger partial charge in [-0.05, 0) is 62.6 Å². The highest BCUT2D eigenvalue weighted by atomic mass is 35.5. The van der Waals surface area contributed by atoms with Gasteiger partial charge in [0.05, 0.1) is 29.1 Å². The predicted molar refractivity (Wildman–Crippen MR) is 173 cm³/mol. The molecule has 2 amide bonds. The van der Waals surface area contributed by atoms with E-state index in [1.165, 1.54) is 11.4 Å². The van der Waals surface area contributed by atoms with Gasteiger partial charge in [0.15, 0.2) is 0 Å². The number of nitrogens with one attached hydrogen (secondary N) is 1. The quantitative estimate of drug-likeness (QED) is 0.242. The van der Waals surface area contributed by atoms with Gasteiger partial charge in [0.1, 0.15) is 11.8 Å². The van der Waals surface area contributed by atoms with E-state index in [9.17, 15) is 18.0 Å². The Bertz CT molecular complexity index is 1510. The van der Waals surface area contributed by atoms with E-state index in [0.29, 0.717) is 27.0 Å². The molecule has 0 heterocycles. The van der Waals surface area contributed by atoms with E-state index in [0.717, 1.165) is 11.8 Å². The first-order chi connectivity index (χ1) is 20.2. The molecule has 0 fully saturated rings. The highest BCUT2D eigenvalue weighted by Gasteiger charge is 2.32. The third-order valence-corrected chi connectivity index (χ3v) is 8.53. The molecule has 0 spiro atoms. The van der Waals surface area contributed by atoms with Gasteiger partial charge in [0.25, 0.3) is 0 Å². The van der Waals surface area contributed by atoms with Crippen molar-refractivity contribution in [2.45, 2.75) is 58.2 Å². The highest BCUT2D eigenvalue weighted by molar-refractivity contribution is 7.92. The number of amides is 2. The van der Waals surface area contributed by atoms with Crippen molar-refractivity contribution < 1.29 is 22.7 Å². The Kier molecular flexibility index (Phi) is 11.9. The highest BCUT2D eigenvalue weighted by Crippen LogP contribution is 2.30. The maximum absolute atomic E-state index is 14.0. The van der Waals surface area contributed by atoms with Crippen LogP contribution in [0.2, 0.25) is 10.0 Å². The van der Waals surface area contributed by atoms with Crippen LogP contribution in [0.25, 0.3) is 0 Å². The van der Waals surface area contributed by atoms with E-state index in [1.54, 1.807) is 47.4 Å².